The van der Waals surface area contributed by atoms with E-state index in [-0.39, 0.29) is 5.78 Å². The number of benzene rings is 2. The Labute approximate surface area is 130 Å². The minimum absolute atomic E-state index is 0.0225. The predicted molar refractivity (Wildman–Crippen MR) is 92.0 cm³/mol. The lowest BCUT2D eigenvalue weighted by Gasteiger charge is -2.19. The highest BCUT2D eigenvalue weighted by molar-refractivity contribution is 5.96. The molecule has 0 aliphatic carbocycles. The minimum Gasteiger partial charge on any atom is -0.397 e. The molecule has 0 unspecified atom stereocenters. The summed E-state index contributed by atoms with van der Waals surface area (Å²) in [5, 5.41) is 3.34. The fraction of sp³-hybridized carbons (Fsp3) is 0.278. The second-order valence-corrected chi connectivity index (χ2v) is 5.73. The van der Waals surface area contributed by atoms with Crippen molar-refractivity contribution in [1.29, 1.82) is 0 Å². The Morgan fingerprint density at radius 1 is 1.14 bits per heavy atom. The fourth-order valence-corrected chi connectivity index (χ4v) is 2.81. The summed E-state index contributed by atoms with van der Waals surface area (Å²) in [6, 6.07) is 13.7. The summed E-state index contributed by atoms with van der Waals surface area (Å²) < 4.78 is 0. The lowest BCUT2D eigenvalue weighted by molar-refractivity contribution is 0.101. The number of Topliss-reactive ketones (excluding diaryl/α,β-unsaturated/α-hetero) is 1. The van der Waals surface area contributed by atoms with Gasteiger partial charge in [0, 0.05) is 30.0 Å². The smallest absolute Gasteiger partial charge is 0.159 e. The molecule has 1 aliphatic heterocycles. The lowest BCUT2D eigenvalue weighted by atomic mass is 10.1. The summed E-state index contributed by atoms with van der Waals surface area (Å²) in [6.07, 6.45) is 2.52. The Morgan fingerprint density at radius 3 is 2.59 bits per heavy atom. The van der Waals surface area contributed by atoms with E-state index < -0.39 is 0 Å². The van der Waals surface area contributed by atoms with Crippen molar-refractivity contribution in [2.24, 2.45) is 0 Å². The number of anilines is 4. The van der Waals surface area contributed by atoms with E-state index in [2.05, 4.69) is 28.4 Å². The summed E-state index contributed by atoms with van der Waals surface area (Å²) in [5.74, 6) is 0.0225. The molecular formula is C18H21N3O. The second kappa shape index (κ2) is 6.10. The average Bonchev–Trinajstić information content (AvgIpc) is 3.04. The molecule has 4 heteroatoms. The van der Waals surface area contributed by atoms with Gasteiger partial charge in [0.2, 0.25) is 0 Å². The van der Waals surface area contributed by atoms with Crippen molar-refractivity contribution < 1.29 is 4.79 Å². The molecule has 1 heterocycles. The number of nitrogens with one attached hydrogen (secondary N) is 1. The van der Waals surface area contributed by atoms with Crippen LogP contribution < -0.4 is 16.0 Å². The van der Waals surface area contributed by atoms with E-state index in [1.54, 1.807) is 19.1 Å². The largest absolute Gasteiger partial charge is 0.397 e. The number of nitrogens with zero attached hydrogens (tertiary/aromatic N) is 1. The molecule has 4 nitrogen and oxygen atoms in total. The summed E-state index contributed by atoms with van der Waals surface area (Å²) in [7, 11) is 0. The first-order chi connectivity index (χ1) is 10.6. The van der Waals surface area contributed by atoms with Crippen molar-refractivity contribution >= 4 is 28.5 Å². The molecule has 0 saturated carbocycles. The van der Waals surface area contributed by atoms with Crippen molar-refractivity contribution in [2.75, 3.05) is 29.0 Å². The molecule has 2 aromatic carbocycles. The number of hydrogen-bond acceptors (Lipinski definition) is 4. The van der Waals surface area contributed by atoms with E-state index in [0.717, 1.165) is 24.5 Å². The number of rotatable bonds is 4. The lowest BCUT2D eigenvalue weighted by Crippen LogP contribution is -2.17. The zero-order valence-corrected chi connectivity index (χ0v) is 12.8. The number of nitrogen functional groups attached to an aromatic ring is 1. The quantitative estimate of drug-likeness (QED) is 0.665. The molecule has 3 N–H and O–H groups in total. The Balaban J connectivity index is 1.81. The number of ketones is 1. The molecule has 0 amide bonds. The van der Waals surface area contributed by atoms with Gasteiger partial charge in [0.05, 0.1) is 11.4 Å². The first-order valence-corrected chi connectivity index (χ1v) is 7.66. The van der Waals surface area contributed by atoms with Gasteiger partial charge < -0.3 is 16.0 Å². The first-order valence-electron chi connectivity index (χ1n) is 7.66. The Kier molecular flexibility index (Phi) is 4.00. The SMILES string of the molecule is CC(=O)c1ccc(Nc2cccc(N3CCCC3)c2)c(N)c1. The van der Waals surface area contributed by atoms with Crippen LogP contribution in [0.25, 0.3) is 0 Å². The van der Waals surface area contributed by atoms with E-state index in [0.29, 0.717) is 11.3 Å². The number of carbonyl (C=O) groups is 1. The molecule has 1 saturated heterocycles. The van der Waals surface area contributed by atoms with Crippen LogP contribution in [0, 0.1) is 0 Å². The van der Waals surface area contributed by atoms with Gasteiger partial charge in [-0.1, -0.05) is 6.07 Å². The maximum absolute atomic E-state index is 11.4. The van der Waals surface area contributed by atoms with Crippen molar-refractivity contribution in [2.45, 2.75) is 19.8 Å². The van der Waals surface area contributed by atoms with Crippen molar-refractivity contribution in [1.82, 2.24) is 0 Å². The molecule has 0 atom stereocenters. The van der Waals surface area contributed by atoms with Gasteiger partial charge in [0.1, 0.15) is 0 Å². The highest BCUT2D eigenvalue weighted by Crippen LogP contribution is 2.28. The maximum atomic E-state index is 11.4. The van der Waals surface area contributed by atoms with Gasteiger partial charge in [-0.3, -0.25) is 4.79 Å². The van der Waals surface area contributed by atoms with Crippen LogP contribution in [-0.2, 0) is 0 Å². The molecule has 0 radical (unpaired) electrons. The third kappa shape index (κ3) is 3.06. The van der Waals surface area contributed by atoms with Gasteiger partial charge in [0.15, 0.2) is 5.78 Å². The van der Waals surface area contributed by atoms with E-state index in [1.165, 1.54) is 18.5 Å². The van der Waals surface area contributed by atoms with Crippen LogP contribution in [0.4, 0.5) is 22.7 Å². The summed E-state index contributed by atoms with van der Waals surface area (Å²) in [4.78, 5) is 13.8. The Bertz CT molecular complexity index is 690. The summed E-state index contributed by atoms with van der Waals surface area (Å²) >= 11 is 0. The van der Waals surface area contributed by atoms with Crippen LogP contribution in [0.3, 0.4) is 0 Å². The van der Waals surface area contributed by atoms with E-state index >= 15 is 0 Å². The molecule has 0 spiro atoms. The van der Waals surface area contributed by atoms with Crippen LogP contribution in [0.5, 0.6) is 0 Å². The first kappa shape index (κ1) is 14.4. The molecule has 2 aromatic rings. The molecule has 1 aliphatic rings. The Morgan fingerprint density at radius 2 is 1.91 bits per heavy atom. The number of nitrogens with two attached hydrogens (primary N) is 1. The van der Waals surface area contributed by atoms with Gasteiger partial charge in [-0.25, -0.2) is 0 Å². The minimum atomic E-state index is 0.0225. The topological polar surface area (TPSA) is 58.4 Å². The fourth-order valence-electron chi connectivity index (χ4n) is 2.81. The van der Waals surface area contributed by atoms with Gasteiger partial charge in [0.25, 0.3) is 0 Å². The predicted octanol–water partition coefficient (Wildman–Crippen LogP) is 3.82. The van der Waals surface area contributed by atoms with Crippen LogP contribution in [0.1, 0.15) is 30.1 Å². The van der Waals surface area contributed by atoms with Gasteiger partial charge in [-0.15, -0.1) is 0 Å². The van der Waals surface area contributed by atoms with Crippen LogP contribution in [0.15, 0.2) is 42.5 Å². The average molecular weight is 295 g/mol. The molecule has 3 rings (SSSR count). The van der Waals surface area contributed by atoms with Crippen molar-refractivity contribution in [3.63, 3.8) is 0 Å². The third-order valence-electron chi connectivity index (χ3n) is 4.05. The van der Waals surface area contributed by atoms with E-state index in [4.69, 9.17) is 5.73 Å². The third-order valence-corrected chi connectivity index (χ3v) is 4.05. The summed E-state index contributed by atoms with van der Waals surface area (Å²) in [6.45, 7) is 3.79. The number of carbonyl (C=O) groups excluding carboxylic acids is 1. The van der Waals surface area contributed by atoms with Crippen molar-refractivity contribution in [3.8, 4) is 0 Å². The number of hydrogen-bond donors (Lipinski definition) is 2. The normalized spacial score (nSPS) is 14.1. The van der Waals surface area contributed by atoms with Crippen LogP contribution >= 0.6 is 0 Å². The molecular weight excluding hydrogens is 274 g/mol. The van der Waals surface area contributed by atoms with Crippen LogP contribution in [0.2, 0.25) is 0 Å². The Hall–Kier alpha value is -2.49. The summed E-state index contributed by atoms with van der Waals surface area (Å²) in [5.41, 5.74) is 10.3. The monoisotopic (exact) mass is 295 g/mol. The standard InChI is InChI=1S/C18H21N3O/c1-13(22)14-7-8-18(17(19)11-14)20-15-5-4-6-16(12-15)21-9-2-3-10-21/h4-8,11-12,20H,2-3,9-10,19H2,1H3. The highest BCUT2D eigenvalue weighted by atomic mass is 16.1. The molecule has 1 fully saturated rings. The van der Waals surface area contributed by atoms with Gasteiger partial charge >= 0.3 is 0 Å². The van der Waals surface area contributed by atoms with E-state index in [9.17, 15) is 4.79 Å². The maximum Gasteiger partial charge on any atom is 0.159 e. The molecule has 0 aromatic heterocycles. The highest BCUT2D eigenvalue weighted by Gasteiger charge is 2.12. The van der Waals surface area contributed by atoms with Gasteiger partial charge in [-0.2, -0.15) is 0 Å². The molecule has 114 valence electrons. The van der Waals surface area contributed by atoms with Crippen LogP contribution in [-0.4, -0.2) is 18.9 Å². The molecule has 0 bridgehead atoms. The molecule has 22 heavy (non-hydrogen) atoms. The zero-order valence-electron chi connectivity index (χ0n) is 12.8. The van der Waals surface area contributed by atoms with Gasteiger partial charge in [-0.05, 0) is 56.2 Å². The zero-order chi connectivity index (χ0) is 15.5. The van der Waals surface area contributed by atoms with E-state index in [1.807, 2.05) is 12.1 Å². The van der Waals surface area contributed by atoms with Crippen molar-refractivity contribution in [3.05, 3.63) is 48.0 Å². The second-order valence-electron chi connectivity index (χ2n) is 5.73.